The lowest BCUT2D eigenvalue weighted by molar-refractivity contribution is -0.143. The summed E-state index contributed by atoms with van der Waals surface area (Å²) in [7, 11) is 0. The van der Waals surface area contributed by atoms with Crippen molar-refractivity contribution < 1.29 is 15.0 Å². The van der Waals surface area contributed by atoms with Gasteiger partial charge in [-0.25, -0.2) is 4.79 Å². The van der Waals surface area contributed by atoms with Gasteiger partial charge >= 0.3 is 5.97 Å². The van der Waals surface area contributed by atoms with Crippen molar-refractivity contribution in [3.8, 4) is 5.75 Å². The highest BCUT2D eigenvalue weighted by molar-refractivity contribution is 5.81. The van der Waals surface area contributed by atoms with E-state index in [4.69, 9.17) is 16.6 Å². The summed E-state index contributed by atoms with van der Waals surface area (Å²) in [6.07, 6.45) is 0. The van der Waals surface area contributed by atoms with E-state index < -0.39 is 11.5 Å². The van der Waals surface area contributed by atoms with Crippen LogP contribution in [0.4, 0.5) is 5.69 Å². The molecule has 0 aliphatic rings. The van der Waals surface area contributed by atoms with Crippen molar-refractivity contribution in [2.75, 3.05) is 5.73 Å². The van der Waals surface area contributed by atoms with Gasteiger partial charge in [0, 0.05) is 11.3 Å². The summed E-state index contributed by atoms with van der Waals surface area (Å²) < 4.78 is 0. The van der Waals surface area contributed by atoms with Crippen LogP contribution in [0.2, 0.25) is 0 Å². The van der Waals surface area contributed by atoms with Crippen LogP contribution in [-0.4, -0.2) is 16.2 Å². The number of nitrogen functional groups attached to an aromatic ring is 1. The quantitative estimate of drug-likeness (QED) is 0.400. The van der Waals surface area contributed by atoms with Crippen LogP contribution in [0.1, 0.15) is 12.5 Å². The van der Waals surface area contributed by atoms with Crippen molar-refractivity contribution in [3.05, 3.63) is 23.8 Å². The van der Waals surface area contributed by atoms with Crippen LogP contribution in [-0.2, 0) is 10.3 Å². The fourth-order valence-corrected chi connectivity index (χ4v) is 1.08. The minimum atomic E-state index is -1.64. The largest absolute Gasteiger partial charge is 0.508 e. The van der Waals surface area contributed by atoms with E-state index in [9.17, 15) is 9.90 Å². The Labute approximate surface area is 81.0 Å². The van der Waals surface area contributed by atoms with E-state index in [1.54, 1.807) is 0 Å². The smallest absolute Gasteiger partial charge is 0.328 e. The zero-order chi connectivity index (χ0) is 10.9. The van der Waals surface area contributed by atoms with Crippen LogP contribution in [0.25, 0.3) is 0 Å². The van der Waals surface area contributed by atoms with Gasteiger partial charge in [-0.2, -0.15) is 0 Å². The molecular weight excluding hydrogens is 184 g/mol. The predicted octanol–water partition coefficient (Wildman–Crippen LogP) is 0.233. The molecule has 1 aromatic rings. The summed E-state index contributed by atoms with van der Waals surface area (Å²) in [4.78, 5) is 10.8. The second-order valence-corrected chi connectivity index (χ2v) is 3.28. The van der Waals surface area contributed by atoms with Crippen LogP contribution in [0.3, 0.4) is 0 Å². The molecule has 76 valence electrons. The molecule has 5 heteroatoms. The Kier molecular flexibility index (Phi) is 2.35. The number of phenols is 1. The Morgan fingerprint density at radius 3 is 2.57 bits per heavy atom. The van der Waals surface area contributed by atoms with Gasteiger partial charge in [-0.15, -0.1) is 0 Å². The number of carboxylic acids is 1. The number of anilines is 1. The lowest BCUT2D eigenvalue weighted by atomic mass is 9.92. The van der Waals surface area contributed by atoms with Gasteiger partial charge in [0.1, 0.15) is 11.3 Å². The Bertz CT molecular complexity index is 374. The van der Waals surface area contributed by atoms with Crippen LogP contribution in [0.5, 0.6) is 5.75 Å². The van der Waals surface area contributed by atoms with E-state index in [1.807, 2.05) is 0 Å². The first-order valence-corrected chi connectivity index (χ1v) is 3.97. The van der Waals surface area contributed by atoms with E-state index >= 15 is 0 Å². The molecule has 0 aliphatic carbocycles. The first-order valence-electron chi connectivity index (χ1n) is 3.97. The van der Waals surface area contributed by atoms with Gasteiger partial charge in [0.2, 0.25) is 0 Å². The molecule has 0 heterocycles. The van der Waals surface area contributed by atoms with Crippen molar-refractivity contribution in [1.82, 2.24) is 0 Å². The number of carbonyl (C=O) groups is 1. The number of aliphatic carboxylic acids is 1. The van der Waals surface area contributed by atoms with Crippen LogP contribution < -0.4 is 11.5 Å². The van der Waals surface area contributed by atoms with Gasteiger partial charge in [-0.3, -0.25) is 0 Å². The number of hydrogen-bond donors (Lipinski definition) is 4. The summed E-state index contributed by atoms with van der Waals surface area (Å²) in [5.74, 6) is -1.40. The lowest BCUT2D eigenvalue weighted by Gasteiger charge is -2.20. The van der Waals surface area contributed by atoms with Crippen molar-refractivity contribution in [2.45, 2.75) is 12.5 Å². The van der Waals surface area contributed by atoms with Crippen LogP contribution in [0.15, 0.2) is 18.2 Å². The van der Waals surface area contributed by atoms with Crippen molar-refractivity contribution in [1.29, 1.82) is 0 Å². The summed E-state index contributed by atoms with van der Waals surface area (Å²) in [5.41, 5.74) is 9.82. The number of hydrogen-bond acceptors (Lipinski definition) is 4. The van der Waals surface area contributed by atoms with Gasteiger partial charge in [-0.1, -0.05) is 0 Å². The third-order valence-corrected chi connectivity index (χ3v) is 2.02. The van der Waals surface area contributed by atoms with Crippen molar-refractivity contribution in [3.63, 3.8) is 0 Å². The third-order valence-electron chi connectivity index (χ3n) is 2.02. The number of carboxylic acid groups (broad SMARTS) is 1. The molecule has 14 heavy (non-hydrogen) atoms. The number of nitrogens with two attached hydrogens (primary N) is 2. The van der Waals surface area contributed by atoms with E-state index in [2.05, 4.69) is 0 Å². The van der Waals surface area contributed by atoms with Crippen LogP contribution in [0, 0.1) is 0 Å². The normalized spacial score (nSPS) is 14.7. The number of benzene rings is 1. The van der Waals surface area contributed by atoms with Gasteiger partial charge in [0.05, 0.1) is 0 Å². The molecule has 1 rings (SSSR count). The Morgan fingerprint density at radius 2 is 2.07 bits per heavy atom. The average molecular weight is 196 g/mol. The van der Waals surface area contributed by atoms with Crippen LogP contribution >= 0.6 is 0 Å². The first-order chi connectivity index (χ1) is 6.35. The summed E-state index contributed by atoms with van der Waals surface area (Å²) >= 11 is 0. The zero-order valence-electron chi connectivity index (χ0n) is 7.69. The molecule has 0 saturated heterocycles. The fourth-order valence-electron chi connectivity index (χ4n) is 1.08. The molecule has 0 aliphatic heterocycles. The number of aromatic hydroxyl groups is 1. The molecule has 5 nitrogen and oxygen atoms in total. The molecule has 0 fully saturated rings. The number of phenolic OH excluding ortho intramolecular Hbond substituents is 1. The molecule has 0 spiro atoms. The molecular formula is C9H12N2O3. The summed E-state index contributed by atoms with van der Waals surface area (Å²) in [5, 5.41) is 18.3. The molecule has 0 bridgehead atoms. The molecule has 1 aromatic carbocycles. The zero-order valence-corrected chi connectivity index (χ0v) is 7.69. The average Bonchev–Trinajstić information content (AvgIpc) is 2.08. The Hall–Kier alpha value is -1.75. The topological polar surface area (TPSA) is 110 Å². The van der Waals surface area contributed by atoms with Gasteiger partial charge in [0.25, 0.3) is 0 Å². The molecule has 1 atom stereocenters. The summed E-state index contributed by atoms with van der Waals surface area (Å²) in [6.45, 7) is 1.30. The molecule has 0 radical (unpaired) electrons. The second kappa shape index (κ2) is 3.19. The molecule has 0 unspecified atom stereocenters. The van der Waals surface area contributed by atoms with E-state index in [0.717, 1.165) is 0 Å². The highest BCUT2D eigenvalue weighted by Gasteiger charge is 2.32. The van der Waals surface area contributed by atoms with Gasteiger partial charge in [-0.05, 0) is 25.1 Å². The standard InChI is InChI=1S/C9H12N2O3/c1-9(11,8(13)14)6-4-5(10)2-3-7(6)12/h2-4,12H,10-11H2,1H3,(H,13,14)/t9-/m1/s1. The van der Waals surface area contributed by atoms with E-state index in [1.165, 1.54) is 25.1 Å². The van der Waals surface area contributed by atoms with E-state index in [-0.39, 0.29) is 11.3 Å². The van der Waals surface area contributed by atoms with Crippen molar-refractivity contribution >= 4 is 11.7 Å². The Balaban J connectivity index is 3.31. The van der Waals surface area contributed by atoms with Gasteiger partial charge in [0.15, 0.2) is 0 Å². The Morgan fingerprint density at radius 1 is 1.50 bits per heavy atom. The molecule has 6 N–H and O–H groups in total. The monoisotopic (exact) mass is 196 g/mol. The maximum atomic E-state index is 10.8. The highest BCUT2D eigenvalue weighted by atomic mass is 16.4. The molecule has 0 aromatic heterocycles. The van der Waals surface area contributed by atoms with Crippen molar-refractivity contribution in [2.24, 2.45) is 5.73 Å². The van der Waals surface area contributed by atoms with E-state index in [0.29, 0.717) is 5.69 Å². The SMILES string of the molecule is C[C@](N)(C(=O)O)c1cc(N)ccc1O. The number of rotatable bonds is 2. The maximum Gasteiger partial charge on any atom is 0.328 e. The highest BCUT2D eigenvalue weighted by Crippen LogP contribution is 2.29. The maximum absolute atomic E-state index is 10.8. The molecule has 0 amide bonds. The minimum Gasteiger partial charge on any atom is -0.508 e. The summed E-state index contributed by atoms with van der Waals surface area (Å²) in [6, 6.07) is 4.14. The molecule has 0 saturated carbocycles. The van der Waals surface area contributed by atoms with Gasteiger partial charge < -0.3 is 21.7 Å². The third kappa shape index (κ3) is 1.62. The first kappa shape index (κ1) is 10.3. The lowest BCUT2D eigenvalue weighted by Crippen LogP contribution is -2.41. The second-order valence-electron chi connectivity index (χ2n) is 3.28. The minimum absolute atomic E-state index is 0.102. The fraction of sp³-hybridized carbons (Fsp3) is 0.222. The predicted molar refractivity (Wildman–Crippen MR) is 51.7 cm³/mol.